The number of rotatable bonds is 1. The van der Waals surface area contributed by atoms with Crippen LogP contribution in [0.5, 0.6) is 0 Å². The fourth-order valence-electron chi connectivity index (χ4n) is 1.09. The van der Waals surface area contributed by atoms with Crippen molar-refractivity contribution < 1.29 is 22.6 Å². The third kappa shape index (κ3) is 8.60. The van der Waals surface area contributed by atoms with Gasteiger partial charge in [0, 0.05) is 0 Å². The molecule has 0 amide bonds. The number of hydrogen-bond acceptors (Lipinski definition) is 4. The molecule has 0 aromatic heterocycles. The van der Waals surface area contributed by atoms with E-state index in [0.717, 1.165) is 5.56 Å². The number of hydrogen-bond donors (Lipinski definition) is 1. The molecule has 0 saturated heterocycles. The summed E-state index contributed by atoms with van der Waals surface area (Å²) in [7, 11) is -4.05. The number of aryl methyl sites for hydroxylation is 2. The van der Waals surface area contributed by atoms with Crippen LogP contribution in [0.2, 0.25) is 0 Å². The van der Waals surface area contributed by atoms with Crippen LogP contribution in [0.15, 0.2) is 23.1 Å². The Morgan fingerprint density at radius 3 is 1.67 bits per heavy atom. The summed E-state index contributed by atoms with van der Waals surface area (Å²) in [5.74, 6) is 0. The minimum absolute atomic E-state index is 0.0203. The van der Waals surface area contributed by atoms with Crippen molar-refractivity contribution in [3.05, 3.63) is 29.3 Å². The van der Waals surface area contributed by atoms with Gasteiger partial charge in [0.05, 0.1) is 4.90 Å². The van der Waals surface area contributed by atoms with Gasteiger partial charge in [0.2, 0.25) is 0 Å². The zero-order chi connectivity index (χ0) is 15.4. The Morgan fingerprint density at radius 2 is 1.39 bits per heavy atom. The SMILES string of the molecule is C=O.C=O.CC.Cc1ccc(S(=O)(=O)O)c(C)c1. The Labute approximate surface area is 109 Å². The fourth-order valence-corrected chi connectivity index (χ4v) is 1.79. The van der Waals surface area contributed by atoms with Gasteiger partial charge in [0.1, 0.15) is 13.6 Å². The van der Waals surface area contributed by atoms with Crippen molar-refractivity contribution in [2.75, 3.05) is 0 Å². The van der Waals surface area contributed by atoms with E-state index in [9.17, 15) is 8.42 Å². The van der Waals surface area contributed by atoms with E-state index in [1.807, 2.05) is 34.3 Å². The van der Waals surface area contributed by atoms with E-state index in [1.165, 1.54) is 6.07 Å². The van der Waals surface area contributed by atoms with Crippen molar-refractivity contribution in [2.45, 2.75) is 32.6 Å². The molecule has 0 unspecified atom stereocenters. The third-order valence-electron chi connectivity index (χ3n) is 1.61. The quantitative estimate of drug-likeness (QED) is 0.794. The van der Waals surface area contributed by atoms with Crippen molar-refractivity contribution in [1.82, 2.24) is 0 Å². The summed E-state index contributed by atoms with van der Waals surface area (Å²) in [4.78, 5) is 16.0. The highest BCUT2D eigenvalue weighted by molar-refractivity contribution is 7.85. The molecule has 0 spiro atoms. The van der Waals surface area contributed by atoms with E-state index in [-0.39, 0.29) is 4.90 Å². The summed E-state index contributed by atoms with van der Waals surface area (Å²) in [5.41, 5.74) is 1.54. The summed E-state index contributed by atoms with van der Waals surface area (Å²) in [6.45, 7) is 11.5. The van der Waals surface area contributed by atoms with E-state index in [1.54, 1.807) is 19.1 Å². The molecule has 0 aliphatic carbocycles. The molecule has 0 atom stereocenters. The summed E-state index contributed by atoms with van der Waals surface area (Å²) < 4.78 is 30.2. The molecule has 1 aromatic rings. The van der Waals surface area contributed by atoms with Gasteiger partial charge in [-0.2, -0.15) is 8.42 Å². The van der Waals surface area contributed by atoms with Gasteiger partial charge in [0.15, 0.2) is 0 Å². The molecule has 0 heterocycles. The zero-order valence-corrected chi connectivity index (χ0v) is 12.0. The molecule has 104 valence electrons. The average molecular weight is 276 g/mol. The molecule has 5 nitrogen and oxygen atoms in total. The molecule has 6 heteroatoms. The minimum Gasteiger partial charge on any atom is -0.307 e. The molecule has 0 saturated carbocycles. The van der Waals surface area contributed by atoms with Crippen molar-refractivity contribution in [2.24, 2.45) is 0 Å². The molecule has 0 aliphatic heterocycles. The van der Waals surface area contributed by atoms with Crippen LogP contribution >= 0.6 is 0 Å². The molecule has 0 radical (unpaired) electrons. The van der Waals surface area contributed by atoms with Crippen LogP contribution in [0.4, 0.5) is 0 Å². The summed E-state index contributed by atoms with van der Waals surface area (Å²) in [6, 6.07) is 4.76. The largest absolute Gasteiger partial charge is 0.307 e. The summed E-state index contributed by atoms with van der Waals surface area (Å²) >= 11 is 0. The van der Waals surface area contributed by atoms with Gasteiger partial charge in [-0.25, -0.2) is 0 Å². The topological polar surface area (TPSA) is 88.5 Å². The van der Waals surface area contributed by atoms with Gasteiger partial charge in [-0.3, -0.25) is 4.55 Å². The van der Waals surface area contributed by atoms with E-state index < -0.39 is 10.1 Å². The average Bonchev–Trinajstić information content (AvgIpc) is 2.35. The Hall–Kier alpha value is -1.53. The van der Waals surface area contributed by atoms with Gasteiger partial charge in [-0.1, -0.05) is 31.5 Å². The van der Waals surface area contributed by atoms with Crippen LogP contribution in [0.1, 0.15) is 25.0 Å². The van der Waals surface area contributed by atoms with Crippen LogP contribution in [-0.4, -0.2) is 26.5 Å². The highest BCUT2D eigenvalue weighted by atomic mass is 32.2. The zero-order valence-electron chi connectivity index (χ0n) is 11.1. The molecule has 1 N–H and O–H groups in total. The molecule has 1 rings (SSSR count). The highest BCUT2D eigenvalue weighted by Gasteiger charge is 2.11. The maximum atomic E-state index is 10.7. The van der Waals surface area contributed by atoms with Crippen molar-refractivity contribution in [1.29, 1.82) is 0 Å². The van der Waals surface area contributed by atoms with Gasteiger partial charge in [-0.05, 0) is 25.5 Å². The van der Waals surface area contributed by atoms with E-state index in [2.05, 4.69) is 0 Å². The first-order chi connectivity index (χ1) is 8.41. The lowest BCUT2D eigenvalue weighted by atomic mass is 10.2. The summed E-state index contributed by atoms with van der Waals surface area (Å²) in [5, 5.41) is 0. The van der Waals surface area contributed by atoms with Crippen LogP contribution in [-0.2, 0) is 19.7 Å². The number of carbonyl (C=O) groups is 2. The second kappa shape index (κ2) is 11.9. The number of benzene rings is 1. The lowest BCUT2D eigenvalue weighted by Crippen LogP contribution is -2.00. The smallest absolute Gasteiger partial charge is 0.294 e. The molecule has 0 bridgehead atoms. The van der Waals surface area contributed by atoms with Crippen LogP contribution < -0.4 is 0 Å². The molecule has 0 aliphatic rings. The Morgan fingerprint density at radius 1 is 1.00 bits per heavy atom. The van der Waals surface area contributed by atoms with Gasteiger partial charge in [-0.15, -0.1) is 0 Å². The number of carbonyl (C=O) groups excluding carboxylic acids is 2. The van der Waals surface area contributed by atoms with Crippen molar-refractivity contribution in [3.63, 3.8) is 0 Å². The first kappa shape index (κ1) is 21.7. The highest BCUT2D eigenvalue weighted by Crippen LogP contribution is 2.15. The lowest BCUT2D eigenvalue weighted by molar-refractivity contribution is -0.0987. The second-order valence-electron chi connectivity index (χ2n) is 2.74. The summed E-state index contributed by atoms with van der Waals surface area (Å²) in [6.07, 6.45) is 0. The standard InChI is InChI=1S/C8H10O3S.C2H6.2CH2O/c1-6-3-4-8(7(2)5-6)12(9,10)11;3*1-2/h3-5H,1-2H3,(H,9,10,11);1-2H3;2*1H2. The monoisotopic (exact) mass is 276 g/mol. The maximum absolute atomic E-state index is 10.7. The van der Waals surface area contributed by atoms with Crippen molar-refractivity contribution >= 4 is 23.7 Å². The van der Waals surface area contributed by atoms with Crippen LogP contribution in [0, 0.1) is 13.8 Å². The second-order valence-corrected chi connectivity index (χ2v) is 4.13. The molecular formula is C12H20O5S. The molecule has 18 heavy (non-hydrogen) atoms. The predicted octanol–water partition coefficient (Wildman–Crippen LogP) is 2.21. The predicted molar refractivity (Wildman–Crippen MR) is 71.3 cm³/mol. The Bertz CT molecular complexity index is 424. The Kier molecular flexibility index (Phi) is 14.4. The first-order valence-electron chi connectivity index (χ1n) is 5.04. The van der Waals surface area contributed by atoms with E-state index in [4.69, 9.17) is 14.1 Å². The maximum Gasteiger partial charge on any atom is 0.294 e. The molecular weight excluding hydrogens is 256 g/mol. The first-order valence-corrected chi connectivity index (χ1v) is 6.48. The van der Waals surface area contributed by atoms with E-state index in [0.29, 0.717) is 5.56 Å². The third-order valence-corrected chi connectivity index (χ3v) is 2.62. The molecule has 0 fully saturated rings. The van der Waals surface area contributed by atoms with Crippen LogP contribution in [0.3, 0.4) is 0 Å². The van der Waals surface area contributed by atoms with Gasteiger partial charge >= 0.3 is 0 Å². The normalized spacial score (nSPS) is 8.50. The fraction of sp³-hybridized carbons (Fsp3) is 0.333. The van der Waals surface area contributed by atoms with Gasteiger partial charge in [0.25, 0.3) is 10.1 Å². The van der Waals surface area contributed by atoms with Crippen molar-refractivity contribution in [3.8, 4) is 0 Å². The molecule has 1 aromatic carbocycles. The van der Waals surface area contributed by atoms with Crippen LogP contribution in [0.25, 0.3) is 0 Å². The Balaban J connectivity index is -0.000000328. The lowest BCUT2D eigenvalue weighted by Gasteiger charge is -2.02. The van der Waals surface area contributed by atoms with E-state index >= 15 is 0 Å². The minimum atomic E-state index is -4.05. The van der Waals surface area contributed by atoms with Gasteiger partial charge < -0.3 is 9.59 Å².